The molecule has 2 aromatic rings. The van der Waals surface area contributed by atoms with Crippen LogP contribution in [0.4, 0.5) is 0 Å². The lowest BCUT2D eigenvalue weighted by Crippen LogP contribution is -2.15. The third-order valence-corrected chi connectivity index (χ3v) is 2.72. The molecule has 2 heterocycles. The lowest BCUT2D eigenvalue weighted by molar-refractivity contribution is 0.415. The van der Waals surface area contributed by atoms with Crippen molar-refractivity contribution in [2.75, 3.05) is 7.05 Å². The topological polar surface area (TPSA) is 76.7 Å². The van der Waals surface area contributed by atoms with Crippen LogP contribution < -0.4 is 5.32 Å². The number of hydrogen-bond acceptors (Lipinski definition) is 7. The maximum atomic E-state index is 5.52. The maximum Gasteiger partial charge on any atom is 0.261 e. The molecule has 0 aliphatic heterocycles. The van der Waals surface area contributed by atoms with Crippen molar-refractivity contribution in [3.8, 4) is 10.8 Å². The third-order valence-electron chi connectivity index (χ3n) is 2.07. The highest BCUT2D eigenvalue weighted by atomic mass is 32.1. The minimum absolute atomic E-state index is 0.104. The lowest BCUT2D eigenvalue weighted by Gasteiger charge is -2.06. The summed E-state index contributed by atoms with van der Waals surface area (Å²) in [4.78, 5) is 0.791. The van der Waals surface area contributed by atoms with Crippen LogP contribution in [-0.4, -0.2) is 26.8 Å². The summed E-state index contributed by atoms with van der Waals surface area (Å²) in [6.07, 6.45) is 2.52. The van der Waals surface area contributed by atoms with Crippen molar-refractivity contribution >= 4 is 11.5 Å². The Morgan fingerprint density at radius 1 is 1.53 bits per heavy atom. The van der Waals surface area contributed by atoms with Crippen LogP contribution in [-0.2, 0) is 0 Å². The highest BCUT2D eigenvalue weighted by molar-refractivity contribution is 7.09. The van der Waals surface area contributed by atoms with E-state index in [1.165, 1.54) is 11.5 Å². The molecular formula is C8H11N5OS. The first-order valence-electron chi connectivity index (χ1n) is 4.63. The van der Waals surface area contributed by atoms with Gasteiger partial charge in [-0.05, 0) is 25.0 Å². The molecule has 7 heteroatoms. The van der Waals surface area contributed by atoms with Crippen LogP contribution in [0.1, 0.15) is 25.3 Å². The van der Waals surface area contributed by atoms with E-state index < -0.39 is 0 Å². The Bertz CT molecular complexity index is 408. The van der Waals surface area contributed by atoms with Crippen molar-refractivity contribution in [2.45, 2.75) is 19.4 Å². The maximum absolute atomic E-state index is 5.52. The summed E-state index contributed by atoms with van der Waals surface area (Å²) < 4.78 is 9.26. The van der Waals surface area contributed by atoms with Crippen LogP contribution in [0.15, 0.2) is 10.6 Å². The van der Waals surface area contributed by atoms with Crippen molar-refractivity contribution in [3.63, 3.8) is 0 Å². The van der Waals surface area contributed by atoms with Gasteiger partial charge >= 0.3 is 0 Å². The first kappa shape index (κ1) is 10.2. The molecule has 80 valence electrons. The molecule has 0 fully saturated rings. The first-order valence-corrected chi connectivity index (χ1v) is 5.41. The van der Waals surface area contributed by atoms with Crippen LogP contribution in [0, 0.1) is 0 Å². The Kier molecular flexibility index (Phi) is 3.02. The highest BCUT2D eigenvalue weighted by Crippen LogP contribution is 2.23. The molecule has 0 radical (unpaired) electrons. The Hall–Kier alpha value is -1.34. The average Bonchev–Trinajstić information content (AvgIpc) is 2.89. The normalized spacial score (nSPS) is 12.9. The Balaban J connectivity index is 2.24. The smallest absolute Gasteiger partial charge is 0.261 e. The van der Waals surface area contributed by atoms with Crippen molar-refractivity contribution in [3.05, 3.63) is 12.1 Å². The number of aromatic nitrogens is 4. The minimum Gasteiger partial charge on any atom is -0.418 e. The zero-order chi connectivity index (χ0) is 10.7. The molecule has 1 atom stereocenters. The number of nitrogens with zero attached hydrogens (tertiary/aromatic N) is 4. The molecule has 15 heavy (non-hydrogen) atoms. The van der Waals surface area contributed by atoms with Gasteiger partial charge in [-0.25, -0.2) is 0 Å². The molecule has 0 aromatic carbocycles. The number of hydrogen-bond donors (Lipinski definition) is 1. The van der Waals surface area contributed by atoms with E-state index in [-0.39, 0.29) is 6.04 Å². The molecule has 0 amide bonds. The molecule has 1 unspecified atom stereocenters. The second kappa shape index (κ2) is 4.45. The van der Waals surface area contributed by atoms with E-state index in [2.05, 4.69) is 32.0 Å². The van der Waals surface area contributed by atoms with Gasteiger partial charge in [0.25, 0.3) is 5.89 Å². The highest BCUT2D eigenvalue weighted by Gasteiger charge is 2.16. The Labute approximate surface area is 90.9 Å². The van der Waals surface area contributed by atoms with Gasteiger partial charge in [0.05, 0.1) is 12.2 Å². The van der Waals surface area contributed by atoms with Gasteiger partial charge in [-0.3, -0.25) is 0 Å². The predicted octanol–water partition coefficient (Wildman–Crippen LogP) is 1.26. The second-order valence-corrected chi connectivity index (χ2v) is 3.76. The Morgan fingerprint density at radius 3 is 3.00 bits per heavy atom. The summed E-state index contributed by atoms with van der Waals surface area (Å²) in [6.45, 7) is 2.05. The summed E-state index contributed by atoms with van der Waals surface area (Å²) >= 11 is 1.24. The summed E-state index contributed by atoms with van der Waals surface area (Å²) in [5, 5.41) is 14.8. The van der Waals surface area contributed by atoms with E-state index >= 15 is 0 Å². The van der Waals surface area contributed by atoms with Crippen LogP contribution in [0.25, 0.3) is 10.8 Å². The number of nitrogens with one attached hydrogen (secondary N) is 1. The molecule has 0 aliphatic rings. The molecule has 1 N–H and O–H groups in total. The molecule has 0 aliphatic carbocycles. The van der Waals surface area contributed by atoms with Gasteiger partial charge in [-0.1, -0.05) is 11.4 Å². The van der Waals surface area contributed by atoms with Crippen LogP contribution in [0.5, 0.6) is 0 Å². The van der Waals surface area contributed by atoms with E-state index in [1.807, 2.05) is 7.05 Å². The molecule has 0 saturated heterocycles. The average molecular weight is 225 g/mol. The van der Waals surface area contributed by atoms with Crippen LogP contribution >= 0.6 is 11.5 Å². The fraction of sp³-hybridized carbons (Fsp3) is 0.500. The molecule has 2 aromatic heterocycles. The zero-order valence-electron chi connectivity index (χ0n) is 8.47. The van der Waals surface area contributed by atoms with Crippen molar-refractivity contribution in [2.24, 2.45) is 0 Å². The molecule has 2 rings (SSSR count). The summed E-state index contributed by atoms with van der Waals surface area (Å²) in [7, 11) is 1.87. The van der Waals surface area contributed by atoms with Gasteiger partial charge in [0.1, 0.15) is 4.88 Å². The SMILES string of the molecule is CCC(NC)c1nnc(-c2cnns2)o1. The van der Waals surface area contributed by atoms with Crippen LogP contribution in [0.2, 0.25) is 0 Å². The minimum atomic E-state index is 0.104. The van der Waals surface area contributed by atoms with Crippen molar-refractivity contribution in [1.29, 1.82) is 0 Å². The fourth-order valence-electron chi connectivity index (χ4n) is 1.24. The summed E-state index contributed by atoms with van der Waals surface area (Å²) in [6, 6.07) is 0.104. The van der Waals surface area contributed by atoms with Crippen LogP contribution in [0.3, 0.4) is 0 Å². The van der Waals surface area contributed by atoms with Gasteiger partial charge in [-0.2, -0.15) is 0 Å². The quantitative estimate of drug-likeness (QED) is 0.844. The van der Waals surface area contributed by atoms with E-state index in [9.17, 15) is 0 Å². The Morgan fingerprint density at radius 2 is 2.40 bits per heavy atom. The van der Waals surface area contributed by atoms with Gasteiger partial charge in [0, 0.05) is 0 Å². The second-order valence-electron chi connectivity index (χ2n) is 2.98. The standard InChI is InChI=1S/C8H11N5OS/c1-3-5(9-2)7-11-12-8(14-7)6-4-10-13-15-6/h4-5,9H,3H2,1-2H3. The largest absolute Gasteiger partial charge is 0.418 e. The molecule has 6 nitrogen and oxygen atoms in total. The van der Waals surface area contributed by atoms with E-state index in [1.54, 1.807) is 6.20 Å². The molecular weight excluding hydrogens is 214 g/mol. The van der Waals surface area contributed by atoms with E-state index in [0.29, 0.717) is 11.8 Å². The summed E-state index contributed by atoms with van der Waals surface area (Å²) in [5.41, 5.74) is 0. The summed E-state index contributed by atoms with van der Waals surface area (Å²) in [5.74, 6) is 1.08. The zero-order valence-corrected chi connectivity index (χ0v) is 9.28. The van der Waals surface area contributed by atoms with Gasteiger partial charge in [0.15, 0.2) is 0 Å². The molecule has 0 saturated carbocycles. The monoisotopic (exact) mass is 225 g/mol. The van der Waals surface area contributed by atoms with Gasteiger partial charge in [-0.15, -0.1) is 15.3 Å². The third kappa shape index (κ3) is 2.02. The van der Waals surface area contributed by atoms with Crippen molar-refractivity contribution < 1.29 is 4.42 Å². The predicted molar refractivity (Wildman–Crippen MR) is 55.3 cm³/mol. The lowest BCUT2D eigenvalue weighted by atomic mass is 10.2. The molecule has 0 spiro atoms. The molecule has 0 bridgehead atoms. The van der Waals surface area contributed by atoms with E-state index in [0.717, 1.165) is 11.3 Å². The van der Waals surface area contributed by atoms with E-state index in [4.69, 9.17) is 4.42 Å². The number of rotatable bonds is 4. The van der Waals surface area contributed by atoms with Gasteiger partial charge < -0.3 is 9.73 Å². The van der Waals surface area contributed by atoms with Crippen molar-refractivity contribution in [1.82, 2.24) is 25.1 Å². The fourth-order valence-corrected chi connectivity index (χ4v) is 1.68. The van der Waals surface area contributed by atoms with Gasteiger partial charge in [0.2, 0.25) is 5.89 Å². The first-order chi connectivity index (χ1) is 7.35.